The van der Waals surface area contributed by atoms with Crippen LogP contribution in [0, 0.1) is 0 Å². The maximum atomic E-state index is 13.2. The number of ether oxygens (including phenoxy) is 10. The number of isocyanates is 1. The van der Waals surface area contributed by atoms with Gasteiger partial charge in [-0.15, -0.1) is 0 Å². The molecule has 94 heavy (non-hydrogen) atoms. The molecule has 2 aromatic heterocycles. The minimum Gasteiger partial charge on any atom is -0.460 e. The Morgan fingerprint density at radius 3 is 1.48 bits per heavy atom. The van der Waals surface area contributed by atoms with E-state index >= 15 is 0 Å². The summed E-state index contributed by atoms with van der Waals surface area (Å²) in [6, 6.07) is 16.6. The van der Waals surface area contributed by atoms with Crippen molar-refractivity contribution in [3.05, 3.63) is 94.6 Å². The molecular weight excluding hydrogens is 1230 g/mol. The topological polar surface area (TPSA) is 332 Å². The quantitative estimate of drug-likeness (QED) is 0.0150. The molecule has 0 bridgehead atoms. The molecule has 2 N–H and O–H groups in total. The first kappa shape index (κ1) is 77.4. The molecule has 4 amide bonds. The van der Waals surface area contributed by atoms with Crippen molar-refractivity contribution in [1.82, 2.24) is 20.4 Å². The Morgan fingerprint density at radius 2 is 0.979 bits per heavy atom. The molecule has 0 radical (unpaired) electrons. The Morgan fingerprint density at radius 1 is 0.521 bits per heavy atom. The lowest BCUT2D eigenvalue weighted by molar-refractivity contribution is -0.213. The molecule has 0 saturated heterocycles. The summed E-state index contributed by atoms with van der Waals surface area (Å²) < 4.78 is 66.1. The first-order valence-corrected chi connectivity index (χ1v) is 30.1. The van der Waals surface area contributed by atoms with E-state index in [0.717, 1.165) is 4.90 Å². The van der Waals surface area contributed by atoms with Crippen LogP contribution in [0.5, 0.6) is 11.5 Å². The number of esters is 2. The van der Waals surface area contributed by atoms with E-state index in [1.807, 2.05) is 0 Å². The summed E-state index contributed by atoms with van der Waals surface area (Å²) in [6.07, 6.45) is -0.392. The van der Waals surface area contributed by atoms with Gasteiger partial charge >= 0.3 is 36.3 Å². The van der Waals surface area contributed by atoms with Crippen molar-refractivity contribution in [3.8, 4) is 11.5 Å². The van der Waals surface area contributed by atoms with E-state index in [2.05, 4.69) is 15.6 Å². The number of ketones is 3. The predicted molar refractivity (Wildman–Crippen MR) is 341 cm³/mol. The molecule has 5 aromatic rings. The van der Waals surface area contributed by atoms with Gasteiger partial charge in [0.15, 0.2) is 40.1 Å². The van der Waals surface area contributed by atoms with Gasteiger partial charge in [0, 0.05) is 82.9 Å². The first-order chi connectivity index (χ1) is 43.7. The summed E-state index contributed by atoms with van der Waals surface area (Å²) >= 11 is 0. The summed E-state index contributed by atoms with van der Waals surface area (Å²) in [5, 5.41) is 6.40. The maximum Gasteiger partial charge on any atom is 0.412 e. The van der Waals surface area contributed by atoms with Crippen LogP contribution in [0.15, 0.2) is 74.5 Å². The van der Waals surface area contributed by atoms with E-state index in [9.17, 15) is 47.9 Å². The number of nitrogens with one attached hydrogen (secondary N) is 2. The number of furan rings is 2. The van der Waals surface area contributed by atoms with Crippen molar-refractivity contribution in [2.45, 2.75) is 157 Å². The third-order valence-corrected chi connectivity index (χ3v) is 13.2. The highest BCUT2D eigenvalue weighted by molar-refractivity contribution is 6.27. The Bertz CT molecular complexity index is 3510. The number of amides is 4. The van der Waals surface area contributed by atoms with Gasteiger partial charge in [-0.1, -0.05) is 48.5 Å². The highest BCUT2D eigenvalue weighted by Gasteiger charge is 2.39. The van der Waals surface area contributed by atoms with Crippen LogP contribution in [-0.4, -0.2) is 166 Å². The molecule has 2 heterocycles. The van der Waals surface area contributed by atoms with Gasteiger partial charge in [-0.3, -0.25) is 33.8 Å². The zero-order chi connectivity index (χ0) is 70.7. The number of hydrogen-bond acceptors (Lipinski definition) is 23. The highest BCUT2D eigenvalue weighted by Crippen LogP contribution is 2.46. The standard InChI is InChI=1S/C37H51N3O12.C16H14O5.C14H24N2O5/c1-23(41)22-40(34(45)52-36(5,6)7)20-19-39-33(44)49-29-24-15-11-12-16-25(24)30(31-26(29)21-27(48-31)37(8,46-9)47-10)50-32(43)38-18-14-13-17-28(42)51-35(2,3)4;1-16(19-2,20-3)12-8-11-13(17)9-6-4-5-7-10(9)14(18)15(11)21-12;1-13(2,3)20-11(18)9-16(8-7-15-10-17)12(19)21-14(4,5)6/h11-12,15-16,21H,13-14,17-20,22H2,1-10H3,(H,38,43)(H,39,44);4-8H,1-3H3;7-9H2,1-6H3. The molecule has 0 atom stereocenters. The molecule has 3 aromatic carbocycles. The Balaban J connectivity index is 0.000000364. The number of unbranched alkanes of at least 4 members (excludes halogenated alkanes) is 1. The molecule has 0 fully saturated rings. The molecule has 6 rings (SSSR count). The van der Waals surface area contributed by atoms with Crippen molar-refractivity contribution in [3.63, 3.8) is 0 Å². The number of fused-ring (bicyclic) bond motifs is 4. The molecule has 27 heteroatoms. The number of benzene rings is 3. The van der Waals surface area contributed by atoms with Gasteiger partial charge in [0.1, 0.15) is 34.7 Å². The number of methoxy groups -OCH3 is 4. The van der Waals surface area contributed by atoms with E-state index in [0.29, 0.717) is 34.7 Å². The fraction of sp³-hybridized carbons (Fsp3) is 0.522. The number of nitrogens with zero attached hydrogens (tertiary/aromatic N) is 3. The molecular formula is C67H89N5O22. The third-order valence-electron chi connectivity index (χ3n) is 13.2. The molecule has 1 aliphatic carbocycles. The van der Waals surface area contributed by atoms with Crippen molar-refractivity contribution >= 4 is 81.5 Å². The van der Waals surface area contributed by atoms with Crippen molar-refractivity contribution in [2.75, 3.05) is 74.3 Å². The Labute approximate surface area is 546 Å². The fourth-order valence-corrected chi connectivity index (χ4v) is 8.64. The van der Waals surface area contributed by atoms with Crippen molar-refractivity contribution in [2.24, 2.45) is 4.99 Å². The fourth-order valence-electron chi connectivity index (χ4n) is 8.64. The van der Waals surface area contributed by atoms with Crippen molar-refractivity contribution < 1.29 is 104 Å². The Kier molecular flexibility index (Phi) is 27.4. The van der Waals surface area contributed by atoms with Crippen LogP contribution < -0.4 is 20.1 Å². The average molecular weight is 1320 g/mol. The SMILES string of the molecule is CC(C)(C)OC(=O)CN(CCN=C=O)C(=O)OC(C)(C)C.COC(C)(OC)c1cc2c(OC(=O)NCCN(CC(C)=O)C(=O)OC(C)(C)C)c3ccccc3c(OC(=O)NCCCCC(=O)OC(C)(C)C)c2o1.COC(C)(OC)c1cc2c(o1)C(=O)c1ccccc1C2=O. The van der Waals surface area contributed by atoms with Gasteiger partial charge in [0.2, 0.25) is 23.4 Å². The molecule has 0 aliphatic heterocycles. The van der Waals surface area contributed by atoms with Crippen LogP contribution in [0.4, 0.5) is 19.2 Å². The van der Waals surface area contributed by atoms with E-state index < -0.39 is 64.3 Å². The molecule has 0 spiro atoms. The van der Waals surface area contributed by atoms with Crippen LogP contribution in [0.2, 0.25) is 0 Å². The van der Waals surface area contributed by atoms with Gasteiger partial charge in [0.05, 0.1) is 24.0 Å². The van der Waals surface area contributed by atoms with E-state index in [1.165, 1.54) is 52.4 Å². The van der Waals surface area contributed by atoms with Gasteiger partial charge in [0.25, 0.3) is 0 Å². The van der Waals surface area contributed by atoms with Crippen LogP contribution in [-0.2, 0) is 68.6 Å². The van der Waals surface area contributed by atoms with E-state index in [4.69, 9.17) is 56.2 Å². The smallest absolute Gasteiger partial charge is 0.412 e. The van der Waals surface area contributed by atoms with Crippen LogP contribution in [0.1, 0.15) is 167 Å². The molecule has 27 nitrogen and oxygen atoms in total. The summed E-state index contributed by atoms with van der Waals surface area (Å²) in [7, 11) is 5.78. The Hall–Kier alpha value is -9.01. The number of aliphatic imine (C=N–C) groups is 1. The molecule has 1 aliphatic rings. The van der Waals surface area contributed by atoms with Crippen LogP contribution in [0.25, 0.3) is 21.7 Å². The van der Waals surface area contributed by atoms with Gasteiger partial charge in [-0.2, -0.15) is 0 Å². The zero-order valence-corrected chi connectivity index (χ0v) is 57.2. The average Bonchev–Trinajstić information content (AvgIpc) is 1.54. The monoisotopic (exact) mass is 1320 g/mol. The number of hydrogen-bond donors (Lipinski definition) is 2. The van der Waals surface area contributed by atoms with E-state index in [1.54, 1.807) is 152 Å². The minimum absolute atomic E-state index is 0.0292. The second kappa shape index (κ2) is 33.2. The first-order valence-electron chi connectivity index (χ1n) is 30.1. The molecule has 0 unspecified atom stereocenters. The summed E-state index contributed by atoms with van der Waals surface area (Å²) in [5.41, 5.74) is -1.62. The summed E-state index contributed by atoms with van der Waals surface area (Å²) in [6.45, 7) is 25.3. The lowest BCUT2D eigenvalue weighted by Gasteiger charge is -2.27. The van der Waals surface area contributed by atoms with Gasteiger partial charge < -0.3 is 66.8 Å². The number of carbonyl (C=O) groups excluding carboxylic acids is 10. The number of Topliss-reactive ketones (excluding diaryl/α,β-unsaturated/α-hetero) is 1. The van der Waals surface area contributed by atoms with Crippen LogP contribution >= 0.6 is 0 Å². The lowest BCUT2D eigenvalue weighted by Crippen LogP contribution is -2.43. The number of carbonyl (C=O) groups is 9. The minimum atomic E-state index is -1.36. The second-order valence-corrected chi connectivity index (χ2v) is 25.6. The second-order valence-electron chi connectivity index (χ2n) is 25.6. The maximum absolute atomic E-state index is 13.2. The van der Waals surface area contributed by atoms with Crippen molar-refractivity contribution in [1.29, 1.82) is 0 Å². The summed E-state index contributed by atoms with van der Waals surface area (Å²) in [5.74, 6) is -3.51. The lowest BCUT2D eigenvalue weighted by atomic mass is 9.88. The number of rotatable bonds is 23. The molecule has 0 saturated carbocycles. The van der Waals surface area contributed by atoms with Crippen LogP contribution in [0.3, 0.4) is 0 Å². The third kappa shape index (κ3) is 22.9. The zero-order valence-electron chi connectivity index (χ0n) is 57.2. The van der Waals surface area contributed by atoms with Gasteiger partial charge in [-0.25, -0.2) is 29.0 Å². The normalized spacial score (nSPS) is 12.3. The predicted octanol–water partition coefficient (Wildman–Crippen LogP) is 11.0. The molecule has 514 valence electrons. The van der Waals surface area contributed by atoms with E-state index in [-0.39, 0.29) is 121 Å². The van der Waals surface area contributed by atoms with Gasteiger partial charge in [-0.05, 0) is 129 Å². The highest BCUT2D eigenvalue weighted by atomic mass is 16.7. The summed E-state index contributed by atoms with van der Waals surface area (Å²) in [4.78, 5) is 127. The largest absolute Gasteiger partial charge is 0.460 e.